The minimum absolute atomic E-state index is 0.403. The Balaban J connectivity index is 2.69. The third-order valence-corrected chi connectivity index (χ3v) is 2.47. The van der Waals surface area contributed by atoms with E-state index in [0.717, 1.165) is 19.0 Å². The largest absolute Gasteiger partial charge is 0.356 e. The lowest BCUT2D eigenvalue weighted by atomic mass is 10.4. The Labute approximate surface area is 103 Å². The molecule has 0 saturated heterocycles. The molecule has 4 heteroatoms. The lowest BCUT2D eigenvalue weighted by molar-refractivity contribution is 0.463. The Morgan fingerprint density at radius 2 is 2.41 bits per heavy atom. The van der Waals surface area contributed by atoms with Crippen molar-refractivity contribution in [3.05, 3.63) is 24.0 Å². The molecule has 0 bridgehead atoms. The van der Waals surface area contributed by atoms with Crippen LogP contribution in [0.1, 0.15) is 12.6 Å². The maximum Gasteiger partial charge on any atom is 0.194 e. The highest BCUT2D eigenvalue weighted by molar-refractivity contribution is 5.79. The second-order valence-corrected chi connectivity index (χ2v) is 3.84. The Bertz CT molecular complexity index is 411. The number of aromatic nitrogens is 1. The first kappa shape index (κ1) is 13.2. The van der Waals surface area contributed by atoms with E-state index in [4.69, 9.17) is 6.42 Å². The first-order chi connectivity index (χ1) is 8.19. The summed E-state index contributed by atoms with van der Waals surface area (Å²) in [4.78, 5) is 6.39. The minimum Gasteiger partial charge on any atom is -0.356 e. The van der Waals surface area contributed by atoms with Crippen molar-refractivity contribution < 1.29 is 0 Å². The molecule has 0 aliphatic rings. The fraction of sp³-hybridized carbons (Fsp3) is 0.462. The van der Waals surface area contributed by atoms with Crippen LogP contribution in [0, 0.1) is 12.3 Å². The number of hydrogen-bond donors (Lipinski definition) is 1. The number of hydrogen-bond acceptors (Lipinski definition) is 1. The highest BCUT2D eigenvalue weighted by atomic mass is 15.3. The van der Waals surface area contributed by atoms with E-state index in [1.165, 1.54) is 5.69 Å². The summed E-state index contributed by atoms with van der Waals surface area (Å²) in [6, 6.07) is 4.13. The van der Waals surface area contributed by atoms with Gasteiger partial charge in [0.1, 0.15) is 6.54 Å². The summed E-state index contributed by atoms with van der Waals surface area (Å²) >= 11 is 0. The van der Waals surface area contributed by atoms with Gasteiger partial charge in [0.25, 0.3) is 0 Å². The van der Waals surface area contributed by atoms with Crippen molar-refractivity contribution >= 4 is 5.96 Å². The van der Waals surface area contributed by atoms with Gasteiger partial charge < -0.3 is 14.8 Å². The lowest BCUT2D eigenvalue weighted by Gasteiger charge is -2.22. The van der Waals surface area contributed by atoms with Crippen molar-refractivity contribution in [2.45, 2.75) is 13.5 Å². The molecule has 0 amide bonds. The molecule has 0 spiro atoms. The summed E-state index contributed by atoms with van der Waals surface area (Å²) in [5.41, 5.74) is 1.24. The van der Waals surface area contributed by atoms with Gasteiger partial charge in [0, 0.05) is 32.5 Å². The molecule has 0 aromatic carbocycles. The molecule has 1 aromatic heterocycles. The van der Waals surface area contributed by atoms with Crippen LogP contribution in [-0.4, -0.2) is 35.6 Å². The molecule has 0 saturated carbocycles. The van der Waals surface area contributed by atoms with Crippen molar-refractivity contribution in [1.29, 1.82) is 0 Å². The van der Waals surface area contributed by atoms with E-state index in [9.17, 15) is 0 Å². The maximum absolute atomic E-state index is 5.23. The van der Waals surface area contributed by atoms with Gasteiger partial charge in [-0.25, -0.2) is 4.99 Å². The van der Waals surface area contributed by atoms with Crippen LogP contribution in [-0.2, 0) is 13.6 Å². The summed E-state index contributed by atoms with van der Waals surface area (Å²) < 4.78 is 2.10. The number of aliphatic imine (C=N–C) groups is 1. The van der Waals surface area contributed by atoms with Crippen LogP contribution in [0.25, 0.3) is 0 Å². The van der Waals surface area contributed by atoms with Crippen molar-refractivity contribution in [1.82, 2.24) is 14.8 Å². The molecule has 1 N–H and O–H groups in total. The number of rotatable bonds is 4. The summed E-state index contributed by atoms with van der Waals surface area (Å²) in [5, 5.41) is 3.22. The predicted molar refractivity (Wildman–Crippen MR) is 71.7 cm³/mol. The van der Waals surface area contributed by atoms with Gasteiger partial charge in [0.2, 0.25) is 0 Å². The standard InChI is InChI=1S/C13H20N4/c1-5-9-15-13(14-6-2)17(4)11-12-8-7-10-16(12)3/h1,7-8,10H,6,9,11H2,2-4H3,(H,14,15). The fourth-order valence-electron chi connectivity index (χ4n) is 1.57. The van der Waals surface area contributed by atoms with E-state index in [0.29, 0.717) is 6.54 Å². The molecule has 1 aromatic rings. The molecule has 1 heterocycles. The van der Waals surface area contributed by atoms with Crippen LogP contribution in [0.5, 0.6) is 0 Å². The van der Waals surface area contributed by atoms with Crippen molar-refractivity contribution in [2.24, 2.45) is 12.0 Å². The SMILES string of the molecule is C#CCN=C(NCC)N(C)Cc1cccn1C. The molecule has 0 radical (unpaired) electrons. The van der Waals surface area contributed by atoms with Gasteiger partial charge in [-0.3, -0.25) is 0 Å². The quantitative estimate of drug-likeness (QED) is 0.478. The summed E-state index contributed by atoms with van der Waals surface area (Å²) in [6.45, 7) is 4.09. The van der Waals surface area contributed by atoms with E-state index in [1.807, 2.05) is 33.3 Å². The monoisotopic (exact) mass is 232 g/mol. The molecule has 0 aliphatic carbocycles. The fourth-order valence-corrected chi connectivity index (χ4v) is 1.57. The van der Waals surface area contributed by atoms with E-state index < -0.39 is 0 Å². The molecule has 92 valence electrons. The first-order valence-corrected chi connectivity index (χ1v) is 5.72. The minimum atomic E-state index is 0.403. The molecule has 0 atom stereocenters. The summed E-state index contributed by atoms with van der Waals surface area (Å²) in [5.74, 6) is 3.36. The Hall–Kier alpha value is -1.89. The number of guanidine groups is 1. The molecule has 0 unspecified atom stereocenters. The van der Waals surface area contributed by atoms with Crippen molar-refractivity contribution in [3.63, 3.8) is 0 Å². The van der Waals surface area contributed by atoms with Crippen LogP contribution in [0.4, 0.5) is 0 Å². The van der Waals surface area contributed by atoms with Gasteiger partial charge in [-0.1, -0.05) is 5.92 Å². The molecular formula is C13H20N4. The normalized spacial score (nSPS) is 11.1. The molecular weight excluding hydrogens is 212 g/mol. The number of nitrogens with one attached hydrogen (secondary N) is 1. The zero-order valence-corrected chi connectivity index (χ0v) is 10.8. The van der Waals surface area contributed by atoms with Crippen molar-refractivity contribution in [2.75, 3.05) is 20.1 Å². The van der Waals surface area contributed by atoms with Gasteiger partial charge >= 0.3 is 0 Å². The molecule has 0 fully saturated rings. The summed E-state index contributed by atoms with van der Waals surface area (Å²) in [7, 11) is 4.04. The van der Waals surface area contributed by atoms with Gasteiger partial charge in [-0.15, -0.1) is 6.42 Å². The third-order valence-electron chi connectivity index (χ3n) is 2.47. The smallest absolute Gasteiger partial charge is 0.194 e. The van der Waals surface area contributed by atoms with E-state index in [1.54, 1.807) is 0 Å². The zero-order chi connectivity index (χ0) is 12.7. The second-order valence-electron chi connectivity index (χ2n) is 3.84. The number of terminal acetylenes is 1. The Morgan fingerprint density at radius 1 is 1.65 bits per heavy atom. The molecule has 0 aliphatic heterocycles. The summed E-state index contributed by atoms with van der Waals surface area (Å²) in [6.07, 6.45) is 7.26. The highest BCUT2D eigenvalue weighted by Crippen LogP contribution is 2.03. The highest BCUT2D eigenvalue weighted by Gasteiger charge is 2.07. The van der Waals surface area contributed by atoms with Crippen LogP contribution >= 0.6 is 0 Å². The second kappa shape index (κ2) is 6.64. The van der Waals surface area contributed by atoms with Gasteiger partial charge in [0.15, 0.2) is 5.96 Å². The van der Waals surface area contributed by atoms with Gasteiger partial charge in [0.05, 0.1) is 6.54 Å². The molecule has 1 rings (SSSR count). The van der Waals surface area contributed by atoms with E-state index >= 15 is 0 Å². The van der Waals surface area contributed by atoms with Crippen LogP contribution in [0.3, 0.4) is 0 Å². The average Bonchev–Trinajstić information content (AvgIpc) is 2.70. The van der Waals surface area contributed by atoms with Gasteiger partial charge in [-0.05, 0) is 19.1 Å². The Morgan fingerprint density at radius 3 is 2.94 bits per heavy atom. The van der Waals surface area contributed by atoms with Crippen LogP contribution in [0.2, 0.25) is 0 Å². The molecule has 4 nitrogen and oxygen atoms in total. The first-order valence-electron chi connectivity index (χ1n) is 5.72. The predicted octanol–water partition coefficient (Wildman–Crippen LogP) is 1.06. The average molecular weight is 232 g/mol. The zero-order valence-electron chi connectivity index (χ0n) is 10.8. The number of aryl methyl sites for hydroxylation is 1. The van der Waals surface area contributed by atoms with Crippen molar-refractivity contribution in [3.8, 4) is 12.3 Å². The number of nitrogens with zero attached hydrogens (tertiary/aromatic N) is 3. The van der Waals surface area contributed by atoms with Crippen LogP contribution < -0.4 is 5.32 Å². The topological polar surface area (TPSA) is 32.6 Å². The molecule has 17 heavy (non-hydrogen) atoms. The van der Waals surface area contributed by atoms with Crippen LogP contribution in [0.15, 0.2) is 23.3 Å². The maximum atomic E-state index is 5.23. The third kappa shape index (κ3) is 3.87. The Kier molecular flexibility index (Phi) is 5.15. The van der Waals surface area contributed by atoms with Gasteiger partial charge in [-0.2, -0.15) is 0 Å². The van der Waals surface area contributed by atoms with E-state index in [-0.39, 0.29) is 0 Å². The lowest BCUT2D eigenvalue weighted by Crippen LogP contribution is -2.38. The van der Waals surface area contributed by atoms with E-state index in [2.05, 4.69) is 31.8 Å².